The zero-order valence-corrected chi connectivity index (χ0v) is 10.9. The molecule has 0 heterocycles. The lowest BCUT2D eigenvalue weighted by molar-refractivity contribution is 0.552. The van der Waals surface area contributed by atoms with Crippen molar-refractivity contribution >= 4 is 21.4 Å². The largest absolute Gasteiger partial charge is 0.327 e. The molecule has 0 aliphatic heterocycles. The molecule has 0 saturated heterocycles. The van der Waals surface area contributed by atoms with Crippen LogP contribution in [0.1, 0.15) is 20.3 Å². The van der Waals surface area contributed by atoms with E-state index >= 15 is 0 Å². The maximum absolute atomic E-state index is 12.1. The Hall–Kier alpha value is -0.580. The minimum Gasteiger partial charge on any atom is -0.327 e. The molecule has 2 N–H and O–H groups in total. The van der Waals surface area contributed by atoms with Crippen LogP contribution in [0.4, 0.5) is 0 Å². The van der Waals surface area contributed by atoms with Crippen LogP contribution in [-0.4, -0.2) is 19.7 Å². The topological polar surface area (TPSA) is 60.2 Å². The van der Waals surface area contributed by atoms with E-state index in [1.165, 1.54) is 12.1 Å². The highest BCUT2D eigenvalue weighted by Crippen LogP contribution is 2.20. The lowest BCUT2D eigenvalue weighted by Crippen LogP contribution is -2.37. The Morgan fingerprint density at radius 1 is 1.31 bits per heavy atom. The lowest BCUT2D eigenvalue weighted by atomic mass is 10.2. The standard InChI is InChI=1S/C11H16ClNO2S/c1-3-11(13)8(2)16(14,15)10-6-4-9(12)5-7-10/h4-8,11H,3,13H2,1-2H3. The predicted octanol–water partition coefficient (Wildman–Crippen LogP) is 2.24. The van der Waals surface area contributed by atoms with Gasteiger partial charge in [-0.05, 0) is 37.6 Å². The maximum atomic E-state index is 12.1. The second-order valence-electron chi connectivity index (χ2n) is 3.78. The van der Waals surface area contributed by atoms with Crippen molar-refractivity contribution in [2.24, 2.45) is 5.73 Å². The van der Waals surface area contributed by atoms with Crippen molar-refractivity contribution in [2.45, 2.75) is 36.5 Å². The summed E-state index contributed by atoms with van der Waals surface area (Å²) in [7, 11) is -3.35. The van der Waals surface area contributed by atoms with Gasteiger partial charge in [-0.1, -0.05) is 18.5 Å². The smallest absolute Gasteiger partial charge is 0.182 e. The molecule has 0 radical (unpaired) electrons. The third-order valence-electron chi connectivity index (χ3n) is 2.71. The summed E-state index contributed by atoms with van der Waals surface area (Å²) in [5, 5.41) is -0.0648. The molecule has 1 rings (SSSR count). The van der Waals surface area contributed by atoms with Gasteiger partial charge >= 0.3 is 0 Å². The average Bonchev–Trinajstić information content (AvgIpc) is 2.27. The molecule has 0 saturated carbocycles. The number of hydrogen-bond acceptors (Lipinski definition) is 3. The van der Waals surface area contributed by atoms with E-state index in [1.807, 2.05) is 6.92 Å². The molecule has 3 nitrogen and oxygen atoms in total. The molecule has 0 aliphatic carbocycles. The molecule has 0 aliphatic rings. The monoisotopic (exact) mass is 261 g/mol. The number of rotatable bonds is 4. The second kappa shape index (κ2) is 5.17. The Kier molecular flexibility index (Phi) is 4.35. The molecule has 0 aromatic heterocycles. The summed E-state index contributed by atoms with van der Waals surface area (Å²) in [6.07, 6.45) is 0.633. The van der Waals surface area contributed by atoms with Crippen molar-refractivity contribution in [1.82, 2.24) is 0 Å². The third-order valence-corrected chi connectivity index (χ3v) is 5.22. The highest BCUT2D eigenvalue weighted by atomic mass is 35.5. The summed E-state index contributed by atoms with van der Waals surface area (Å²) in [6.45, 7) is 3.51. The molecular weight excluding hydrogens is 246 g/mol. The quantitative estimate of drug-likeness (QED) is 0.904. The summed E-state index contributed by atoms with van der Waals surface area (Å²) < 4.78 is 24.2. The molecule has 5 heteroatoms. The van der Waals surface area contributed by atoms with Gasteiger partial charge in [0, 0.05) is 11.1 Å². The van der Waals surface area contributed by atoms with Gasteiger partial charge in [0.15, 0.2) is 9.84 Å². The molecule has 0 spiro atoms. The Morgan fingerprint density at radius 3 is 2.25 bits per heavy atom. The van der Waals surface area contributed by atoms with Crippen LogP contribution in [0.3, 0.4) is 0 Å². The minimum absolute atomic E-state index is 0.272. The predicted molar refractivity (Wildman–Crippen MR) is 66.4 cm³/mol. The van der Waals surface area contributed by atoms with Gasteiger partial charge in [-0.25, -0.2) is 8.42 Å². The minimum atomic E-state index is -3.35. The van der Waals surface area contributed by atoms with E-state index in [9.17, 15) is 8.42 Å². The van der Waals surface area contributed by atoms with E-state index in [-0.39, 0.29) is 10.9 Å². The van der Waals surface area contributed by atoms with Crippen LogP contribution in [0, 0.1) is 0 Å². The molecule has 0 amide bonds. The lowest BCUT2D eigenvalue weighted by Gasteiger charge is -2.18. The van der Waals surface area contributed by atoms with Crippen molar-refractivity contribution < 1.29 is 8.42 Å². The Bertz CT molecular complexity index is 442. The second-order valence-corrected chi connectivity index (χ2v) is 6.52. The molecule has 2 atom stereocenters. The highest BCUT2D eigenvalue weighted by Gasteiger charge is 2.27. The molecule has 0 bridgehead atoms. The summed E-state index contributed by atoms with van der Waals surface area (Å²) in [5.74, 6) is 0. The molecule has 90 valence electrons. The fourth-order valence-corrected chi connectivity index (χ4v) is 3.12. The number of sulfone groups is 1. The van der Waals surface area contributed by atoms with Crippen molar-refractivity contribution in [3.63, 3.8) is 0 Å². The van der Waals surface area contributed by atoms with Crippen molar-refractivity contribution in [3.8, 4) is 0 Å². The molecule has 16 heavy (non-hydrogen) atoms. The number of nitrogens with two attached hydrogens (primary N) is 1. The van der Waals surface area contributed by atoms with Crippen molar-refractivity contribution in [3.05, 3.63) is 29.3 Å². The zero-order valence-electron chi connectivity index (χ0n) is 9.35. The zero-order chi connectivity index (χ0) is 12.3. The first-order chi connectivity index (χ1) is 7.39. The van der Waals surface area contributed by atoms with Crippen molar-refractivity contribution in [2.75, 3.05) is 0 Å². The van der Waals surface area contributed by atoms with Gasteiger partial charge in [-0.15, -0.1) is 0 Å². The Morgan fingerprint density at radius 2 is 1.81 bits per heavy atom. The van der Waals surface area contributed by atoms with Crippen LogP contribution < -0.4 is 5.73 Å². The van der Waals surface area contributed by atoms with E-state index in [1.54, 1.807) is 19.1 Å². The Balaban J connectivity index is 3.07. The van der Waals surface area contributed by atoms with Gasteiger partial charge < -0.3 is 5.73 Å². The van der Waals surface area contributed by atoms with Gasteiger partial charge in [0.1, 0.15) is 0 Å². The van der Waals surface area contributed by atoms with Gasteiger partial charge in [0.05, 0.1) is 10.1 Å². The average molecular weight is 262 g/mol. The van der Waals surface area contributed by atoms with Crippen LogP contribution >= 0.6 is 11.6 Å². The first kappa shape index (κ1) is 13.5. The third kappa shape index (κ3) is 2.75. The van der Waals surface area contributed by atoms with E-state index in [0.717, 1.165) is 0 Å². The summed E-state index contributed by atoms with van der Waals surface area (Å²) in [5.41, 5.74) is 5.76. The molecule has 0 fully saturated rings. The van der Waals surface area contributed by atoms with Crippen LogP contribution in [0.25, 0.3) is 0 Å². The molecular formula is C11H16ClNO2S. The Labute approximate surface area is 102 Å². The maximum Gasteiger partial charge on any atom is 0.182 e. The van der Waals surface area contributed by atoms with Crippen LogP contribution in [-0.2, 0) is 9.84 Å². The fraction of sp³-hybridized carbons (Fsp3) is 0.455. The van der Waals surface area contributed by atoms with E-state index in [4.69, 9.17) is 17.3 Å². The fourth-order valence-electron chi connectivity index (χ4n) is 1.40. The number of hydrogen-bond donors (Lipinski definition) is 1. The van der Waals surface area contributed by atoms with Gasteiger partial charge in [-0.3, -0.25) is 0 Å². The first-order valence-corrected chi connectivity index (χ1v) is 7.07. The van der Waals surface area contributed by atoms with Crippen LogP contribution in [0.2, 0.25) is 5.02 Å². The van der Waals surface area contributed by atoms with E-state index in [2.05, 4.69) is 0 Å². The highest BCUT2D eigenvalue weighted by molar-refractivity contribution is 7.92. The molecule has 2 unspecified atom stereocenters. The van der Waals surface area contributed by atoms with E-state index < -0.39 is 15.1 Å². The first-order valence-electron chi connectivity index (χ1n) is 5.14. The van der Waals surface area contributed by atoms with Gasteiger partial charge in [0.25, 0.3) is 0 Å². The molecule has 1 aromatic carbocycles. The van der Waals surface area contributed by atoms with Crippen LogP contribution in [0.15, 0.2) is 29.2 Å². The SMILES string of the molecule is CCC(N)C(C)S(=O)(=O)c1ccc(Cl)cc1. The molecule has 1 aromatic rings. The summed E-state index contributed by atoms with van der Waals surface area (Å²) >= 11 is 5.71. The van der Waals surface area contributed by atoms with Gasteiger partial charge in [0.2, 0.25) is 0 Å². The summed E-state index contributed by atoms with van der Waals surface area (Å²) in [4.78, 5) is 0.272. The van der Waals surface area contributed by atoms with Gasteiger partial charge in [-0.2, -0.15) is 0 Å². The van der Waals surface area contributed by atoms with Crippen molar-refractivity contribution in [1.29, 1.82) is 0 Å². The van der Waals surface area contributed by atoms with Crippen LogP contribution in [0.5, 0.6) is 0 Å². The normalized spacial score (nSPS) is 15.8. The number of halogens is 1. The van der Waals surface area contributed by atoms with E-state index in [0.29, 0.717) is 11.4 Å². The summed E-state index contributed by atoms with van der Waals surface area (Å²) in [6, 6.07) is 5.81. The number of benzene rings is 1.